The van der Waals surface area contributed by atoms with Crippen LogP contribution in [0.1, 0.15) is 5.69 Å². The molecule has 0 unspecified atom stereocenters. The molecule has 1 heterocycles. The number of aromatic nitrogens is 2. The second-order valence-corrected chi connectivity index (χ2v) is 4.81. The lowest BCUT2D eigenvalue weighted by Gasteiger charge is -2.11. The molecule has 4 N–H and O–H groups in total. The SMILES string of the molecule is Cc1nc(NN)nc(Nc2c(F)cccc2Br)c1[N+](=O)[O-]. The number of hydrogen-bond donors (Lipinski definition) is 3. The van der Waals surface area contributed by atoms with Crippen LogP contribution in [-0.4, -0.2) is 14.9 Å². The van der Waals surface area contributed by atoms with Gasteiger partial charge in [-0.2, -0.15) is 4.98 Å². The molecule has 10 heteroatoms. The lowest BCUT2D eigenvalue weighted by molar-refractivity contribution is -0.385. The summed E-state index contributed by atoms with van der Waals surface area (Å²) in [6, 6.07) is 4.31. The van der Waals surface area contributed by atoms with Crippen molar-refractivity contribution in [2.45, 2.75) is 6.92 Å². The standard InChI is InChI=1S/C11H10BrFN6O2/c1-5-9(19(20)21)10(17-11(15-5)18-14)16-8-6(12)3-2-4-7(8)13/h2-4H,14H2,1H3,(H2,15,16,17,18). The van der Waals surface area contributed by atoms with Gasteiger partial charge in [0.05, 0.1) is 10.6 Å². The van der Waals surface area contributed by atoms with E-state index in [-0.39, 0.29) is 28.8 Å². The van der Waals surface area contributed by atoms with Gasteiger partial charge in [0.1, 0.15) is 11.5 Å². The van der Waals surface area contributed by atoms with E-state index >= 15 is 0 Å². The van der Waals surface area contributed by atoms with Gasteiger partial charge in [0.2, 0.25) is 11.8 Å². The highest BCUT2D eigenvalue weighted by Crippen LogP contribution is 2.33. The molecule has 2 rings (SSSR count). The molecule has 0 aliphatic carbocycles. The van der Waals surface area contributed by atoms with Gasteiger partial charge in [-0.05, 0) is 35.0 Å². The molecule has 0 amide bonds. The van der Waals surface area contributed by atoms with Crippen LogP contribution in [-0.2, 0) is 0 Å². The van der Waals surface area contributed by atoms with Crippen molar-refractivity contribution >= 4 is 39.1 Å². The second-order valence-electron chi connectivity index (χ2n) is 3.95. The normalized spacial score (nSPS) is 10.3. The number of nitrogens with one attached hydrogen (secondary N) is 2. The predicted molar refractivity (Wildman–Crippen MR) is 78.6 cm³/mol. The van der Waals surface area contributed by atoms with Gasteiger partial charge in [-0.1, -0.05) is 6.07 Å². The fraction of sp³-hybridized carbons (Fsp3) is 0.0909. The number of nitrogens with zero attached hydrogens (tertiary/aromatic N) is 3. The lowest BCUT2D eigenvalue weighted by Crippen LogP contribution is -2.14. The van der Waals surface area contributed by atoms with E-state index in [1.807, 2.05) is 0 Å². The van der Waals surface area contributed by atoms with Crippen LogP contribution in [0.5, 0.6) is 0 Å². The van der Waals surface area contributed by atoms with Crippen molar-refractivity contribution in [3.05, 3.63) is 44.3 Å². The molecular formula is C11H10BrFN6O2. The minimum absolute atomic E-state index is 0.0203. The predicted octanol–water partition coefficient (Wildman–Crippen LogP) is 2.62. The monoisotopic (exact) mass is 356 g/mol. The molecule has 0 radical (unpaired) electrons. The van der Waals surface area contributed by atoms with Gasteiger partial charge in [-0.3, -0.25) is 15.5 Å². The van der Waals surface area contributed by atoms with E-state index in [1.54, 1.807) is 6.07 Å². The highest BCUT2D eigenvalue weighted by Gasteiger charge is 2.23. The zero-order valence-corrected chi connectivity index (χ0v) is 12.3. The molecule has 0 atom stereocenters. The molecule has 2 aromatic rings. The van der Waals surface area contributed by atoms with Crippen molar-refractivity contribution in [3.8, 4) is 0 Å². The number of hydrogen-bond acceptors (Lipinski definition) is 7. The second kappa shape index (κ2) is 5.97. The summed E-state index contributed by atoms with van der Waals surface area (Å²) in [4.78, 5) is 18.2. The fourth-order valence-electron chi connectivity index (χ4n) is 1.67. The third-order valence-corrected chi connectivity index (χ3v) is 3.24. The Hall–Kier alpha value is -2.33. The van der Waals surface area contributed by atoms with Gasteiger partial charge in [-0.25, -0.2) is 15.2 Å². The fourth-order valence-corrected chi connectivity index (χ4v) is 2.11. The minimum atomic E-state index is -0.646. The molecule has 0 saturated heterocycles. The number of hydrazine groups is 1. The average Bonchev–Trinajstić information content (AvgIpc) is 2.42. The first-order valence-electron chi connectivity index (χ1n) is 5.64. The summed E-state index contributed by atoms with van der Waals surface area (Å²) in [7, 11) is 0. The van der Waals surface area contributed by atoms with Crippen LogP contribution in [0.2, 0.25) is 0 Å². The topological polar surface area (TPSA) is 119 Å². The van der Waals surface area contributed by atoms with E-state index in [1.165, 1.54) is 19.1 Å². The Labute approximate surface area is 126 Å². The highest BCUT2D eigenvalue weighted by atomic mass is 79.9. The molecule has 0 saturated carbocycles. The van der Waals surface area contributed by atoms with Crippen molar-refractivity contribution in [2.75, 3.05) is 10.7 Å². The molecule has 21 heavy (non-hydrogen) atoms. The van der Waals surface area contributed by atoms with Crippen molar-refractivity contribution in [3.63, 3.8) is 0 Å². The molecule has 0 spiro atoms. The largest absolute Gasteiger partial charge is 0.332 e. The molecule has 0 aliphatic rings. The summed E-state index contributed by atoms with van der Waals surface area (Å²) in [5.41, 5.74) is 1.97. The van der Waals surface area contributed by atoms with E-state index < -0.39 is 10.7 Å². The van der Waals surface area contributed by atoms with Crippen LogP contribution in [0, 0.1) is 22.9 Å². The van der Waals surface area contributed by atoms with Gasteiger partial charge >= 0.3 is 5.69 Å². The number of nitro groups is 1. The van der Waals surface area contributed by atoms with Gasteiger partial charge in [0, 0.05) is 4.47 Å². The number of halogens is 2. The van der Waals surface area contributed by atoms with Crippen LogP contribution in [0.15, 0.2) is 22.7 Å². The number of rotatable bonds is 4. The number of anilines is 3. The van der Waals surface area contributed by atoms with Crippen molar-refractivity contribution in [1.82, 2.24) is 9.97 Å². The molecule has 0 bridgehead atoms. The zero-order chi connectivity index (χ0) is 15.6. The summed E-state index contributed by atoms with van der Waals surface area (Å²) in [6.45, 7) is 1.43. The Bertz CT molecular complexity index is 691. The molecular weight excluding hydrogens is 347 g/mol. The molecule has 0 fully saturated rings. The first kappa shape index (κ1) is 15.1. The Morgan fingerprint density at radius 3 is 2.71 bits per heavy atom. The van der Waals surface area contributed by atoms with E-state index in [4.69, 9.17) is 5.84 Å². The van der Waals surface area contributed by atoms with Crippen LogP contribution in [0.4, 0.5) is 27.5 Å². The molecule has 110 valence electrons. The molecule has 0 aliphatic heterocycles. The van der Waals surface area contributed by atoms with Gasteiger partial charge < -0.3 is 5.32 Å². The summed E-state index contributed by atoms with van der Waals surface area (Å²) in [6.07, 6.45) is 0. The minimum Gasteiger partial charge on any atom is -0.331 e. The van der Waals surface area contributed by atoms with Crippen LogP contribution in [0.25, 0.3) is 0 Å². The van der Waals surface area contributed by atoms with Gasteiger partial charge in [0.25, 0.3) is 0 Å². The Kier molecular flexibility index (Phi) is 4.29. The van der Waals surface area contributed by atoms with Crippen molar-refractivity contribution in [1.29, 1.82) is 0 Å². The van der Waals surface area contributed by atoms with E-state index in [2.05, 4.69) is 36.6 Å². The maximum Gasteiger partial charge on any atom is 0.332 e. The first-order chi connectivity index (χ1) is 9.93. The van der Waals surface area contributed by atoms with E-state index in [0.29, 0.717) is 4.47 Å². The van der Waals surface area contributed by atoms with Crippen LogP contribution < -0.4 is 16.6 Å². The average molecular weight is 357 g/mol. The van der Waals surface area contributed by atoms with Crippen molar-refractivity contribution in [2.24, 2.45) is 5.84 Å². The lowest BCUT2D eigenvalue weighted by atomic mass is 10.3. The molecule has 8 nitrogen and oxygen atoms in total. The Balaban J connectivity index is 2.57. The quantitative estimate of drug-likeness (QED) is 0.437. The van der Waals surface area contributed by atoms with Gasteiger partial charge in [0.15, 0.2) is 0 Å². The summed E-state index contributed by atoms with van der Waals surface area (Å²) in [5.74, 6) is 4.44. The summed E-state index contributed by atoms with van der Waals surface area (Å²) >= 11 is 3.16. The zero-order valence-electron chi connectivity index (χ0n) is 10.7. The number of nitrogen functional groups attached to an aromatic ring is 1. The molecule has 1 aromatic heterocycles. The number of nitrogens with two attached hydrogens (primary N) is 1. The molecule has 1 aromatic carbocycles. The Morgan fingerprint density at radius 2 is 2.14 bits per heavy atom. The van der Waals surface area contributed by atoms with E-state index in [0.717, 1.165) is 0 Å². The number of benzene rings is 1. The summed E-state index contributed by atoms with van der Waals surface area (Å²) in [5, 5.41) is 13.7. The third kappa shape index (κ3) is 3.06. The highest BCUT2D eigenvalue weighted by molar-refractivity contribution is 9.10. The Morgan fingerprint density at radius 1 is 1.43 bits per heavy atom. The smallest absolute Gasteiger partial charge is 0.331 e. The van der Waals surface area contributed by atoms with Crippen LogP contribution in [0.3, 0.4) is 0 Å². The number of aryl methyl sites for hydroxylation is 1. The summed E-state index contributed by atoms with van der Waals surface area (Å²) < 4.78 is 14.2. The van der Waals surface area contributed by atoms with Gasteiger partial charge in [-0.15, -0.1) is 0 Å². The maximum atomic E-state index is 13.8. The van der Waals surface area contributed by atoms with Crippen molar-refractivity contribution < 1.29 is 9.31 Å². The van der Waals surface area contributed by atoms with E-state index in [9.17, 15) is 14.5 Å². The number of para-hydroxylation sites is 1. The third-order valence-electron chi connectivity index (χ3n) is 2.58. The maximum absolute atomic E-state index is 13.8. The van der Waals surface area contributed by atoms with Crippen LogP contribution >= 0.6 is 15.9 Å². The first-order valence-corrected chi connectivity index (χ1v) is 6.44.